The Balaban J connectivity index is 1.14. The van der Waals surface area contributed by atoms with Crippen molar-refractivity contribution in [2.45, 2.75) is 82.0 Å². The maximum atomic E-state index is 13.2. The summed E-state index contributed by atoms with van der Waals surface area (Å²) in [6.07, 6.45) is 8.05. The number of hydrogen-bond acceptors (Lipinski definition) is 9. The largest absolute Gasteiger partial charge is 0.370 e. The number of fused-ring (bicyclic) bond motifs is 2. The maximum Gasteiger partial charge on any atom is 0.242 e. The summed E-state index contributed by atoms with van der Waals surface area (Å²) in [5.74, 6) is -1.56. The summed E-state index contributed by atoms with van der Waals surface area (Å²) in [6.45, 7) is 2.79. The number of aromatic amines is 2. The van der Waals surface area contributed by atoms with Gasteiger partial charge in [-0.1, -0.05) is 36.4 Å². The Kier molecular flexibility index (Phi) is 19.1. The van der Waals surface area contributed by atoms with Crippen LogP contribution in [0.4, 0.5) is 0 Å². The fourth-order valence-electron chi connectivity index (χ4n) is 6.75. The molecule has 0 radical (unpaired) electrons. The van der Waals surface area contributed by atoms with E-state index in [1.807, 2.05) is 60.9 Å². The Morgan fingerprint density at radius 1 is 0.550 bits per heavy atom. The fraction of sp³-hybridized carbons (Fsp3) is 0.463. The van der Waals surface area contributed by atoms with Gasteiger partial charge < -0.3 is 71.0 Å². The number of aliphatic imine (C=N–C) groups is 2. The molecule has 4 aromatic rings. The molecule has 326 valence electrons. The van der Waals surface area contributed by atoms with E-state index in [4.69, 9.17) is 34.4 Å². The average molecular weight is 830 g/mol. The van der Waals surface area contributed by atoms with Crippen molar-refractivity contribution in [3.63, 3.8) is 0 Å². The van der Waals surface area contributed by atoms with Crippen molar-refractivity contribution in [3.8, 4) is 0 Å². The molecule has 0 spiro atoms. The standard InChI is InChI=1S/C41H63N15O4/c42-30(22-26-24-53-32-12-3-1-10-28(26)32)36(57)55-34(14-7-19-51-40(44)45)38(59)49-18-6-5-16-48-17-9-21-50-39(60)35(15-8-20-52-41(46)47)56-37(58)31(43)23-27-25-54-33-13-4-2-11-29(27)33/h1-4,10-13,24-25,30-31,34-35,48,53-54H,5-9,14-23,42-43H2,(H,49,59)(H,50,60)(H,55,57)(H,56,58)(H4,44,45,51)(H4,46,47,52)/t30-,31-,34-,35-/m0/s1. The van der Waals surface area contributed by atoms with Crippen molar-refractivity contribution in [2.24, 2.45) is 44.4 Å². The lowest BCUT2D eigenvalue weighted by Crippen LogP contribution is -2.52. The van der Waals surface area contributed by atoms with Crippen LogP contribution in [0.1, 0.15) is 56.1 Å². The van der Waals surface area contributed by atoms with Crippen LogP contribution in [-0.4, -0.2) is 109 Å². The summed E-state index contributed by atoms with van der Waals surface area (Å²) < 4.78 is 0. The zero-order valence-corrected chi connectivity index (χ0v) is 34.2. The molecule has 0 aliphatic rings. The first-order chi connectivity index (χ1) is 28.9. The van der Waals surface area contributed by atoms with Gasteiger partial charge >= 0.3 is 0 Å². The molecule has 0 aliphatic carbocycles. The minimum atomic E-state index is -0.856. The summed E-state index contributed by atoms with van der Waals surface area (Å²) in [5.41, 5.74) is 38.1. The van der Waals surface area contributed by atoms with Crippen molar-refractivity contribution in [2.75, 3.05) is 39.3 Å². The second-order valence-corrected chi connectivity index (χ2v) is 14.8. The van der Waals surface area contributed by atoms with Gasteiger partial charge in [-0.25, -0.2) is 0 Å². The highest BCUT2D eigenvalue weighted by Crippen LogP contribution is 2.20. The number of nitrogens with zero attached hydrogens (tertiary/aromatic N) is 2. The van der Waals surface area contributed by atoms with E-state index in [-0.39, 0.29) is 23.7 Å². The van der Waals surface area contributed by atoms with E-state index in [9.17, 15) is 19.2 Å². The van der Waals surface area contributed by atoms with Gasteiger partial charge in [0.05, 0.1) is 12.1 Å². The minimum absolute atomic E-state index is 0.0414. The van der Waals surface area contributed by atoms with E-state index in [0.29, 0.717) is 90.6 Å². The van der Waals surface area contributed by atoms with Crippen LogP contribution >= 0.6 is 0 Å². The number of H-pyrrole nitrogens is 2. The molecule has 19 nitrogen and oxygen atoms in total. The van der Waals surface area contributed by atoms with Gasteiger partial charge in [0.25, 0.3) is 0 Å². The molecular formula is C41H63N15O4. The molecular weight excluding hydrogens is 767 g/mol. The SMILES string of the molecule is NC(N)=NCCC[C@H](NC(=O)[C@@H](N)Cc1c[nH]c2ccccc12)C(=O)NCCCCNCCCNC(=O)[C@H](CCCN=C(N)N)NC(=O)[C@@H](N)Cc1c[nH]c2ccccc12. The first-order valence-electron chi connectivity index (χ1n) is 20.5. The number of aromatic nitrogens is 2. The third kappa shape index (κ3) is 15.5. The molecule has 4 amide bonds. The van der Waals surface area contributed by atoms with Crippen LogP contribution in [0.5, 0.6) is 0 Å². The predicted octanol–water partition coefficient (Wildman–Crippen LogP) is -0.842. The Labute approximate surface area is 350 Å². The monoisotopic (exact) mass is 830 g/mol. The van der Waals surface area contributed by atoms with Crippen LogP contribution in [0.15, 0.2) is 70.9 Å². The molecule has 0 saturated carbocycles. The molecule has 19 N–H and O–H groups in total. The van der Waals surface area contributed by atoms with Crippen LogP contribution < -0.4 is 61.0 Å². The van der Waals surface area contributed by atoms with Crippen molar-refractivity contribution < 1.29 is 19.2 Å². The normalized spacial score (nSPS) is 13.2. The molecule has 0 bridgehead atoms. The van der Waals surface area contributed by atoms with Crippen molar-refractivity contribution in [1.29, 1.82) is 0 Å². The Morgan fingerprint density at radius 2 is 0.967 bits per heavy atom. The Bertz CT molecular complexity index is 1890. The van der Waals surface area contributed by atoms with E-state index in [2.05, 4.69) is 46.5 Å². The number of benzene rings is 2. The van der Waals surface area contributed by atoms with Crippen LogP contribution in [0, 0.1) is 0 Å². The van der Waals surface area contributed by atoms with E-state index in [1.54, 1.807) is 0 Å². The maximum absolute atomic E-state index is 13.2. The summed E-state index contributed by atoms with van der Waals surface area (Å²) in [5, 5.41) is 16.8. The van der Waals surface area contributed by atoms with Crippen molar-refractivity contribution in [1.82, 2.24) is 36.6 Å². The van der Waals surface area contributed by atoms with E-state index >= 15 is 0 Å². The Hall–Kier alpha value is -6.18. The second kappa shape index (κ2) is 24.7. The van der Waals surface area contributed by atoms with Gasteiger partial charge in [0.1, 0.15) is 12.1 Å². The fourth-order valence-corrected chi connectivity index (χ4v) is 6.75. The number of carbonyl (C=O) groups excluding carboxylic acids is 4. The van der Waals surface area contributed by atoms with E-state index in [1.165, 1.54) is 0 Å². The zero-order valence-electron chi connectivity index (χ0n) is 34.2. The summed E-state index contributed by atoms with van der Waals surface area (Å²) in [4.78, 5) is 66.9. The molecule has 2 heterocycles. The quantitative estimate of drug-likeness (QED) is 0.0200. The van der Waals surface area contributed by atoms with Gasteiger partial charge in [0, 0.05) is 60.4 Å². The summed E-state index contributed by atoms with van der Waals surface area (Å²) in [7, 11) is 0. The lowest BCUT2D eigenvalue weighted by molar-refractivity contribution is -0.129. The van der Waals surface area contributed by atoms with E-state index < -0.39 is 36.0 Å². The summed E-state index contributed by atoms with van der Waals surface area (Å²) >= 11 is 0. The minimum Gasteiger partial charge on any atom is -0.370 e. The first-order valence-corrected chi connectivity index (χ1v) is 20.5. The van der Waals surface area contributed by atoms with Crippen LogP contribution in [0.25, 0.3) is 21.8 Å². The van der Waals surface area contributed by atoms with Gasteiger partial charge in [-0.05, 0) is 94.1 Å². The topological polar surface area (TPSA) is 341 Å². The summed E-state index contributed by atoms with van der Waals surface area (Å²) in [6, 6.07) is 12.2. The van der Waals surface area contributed by atoms with Gasteiger partial charge in [-0.2, -0.15) is 0 Å². The van der Waals surface area contributed by atoms with Gasteiger partial charge in [-0.15, -0.1) is 0 Å². The molecule has 60 heavy (non-hydrogen) atoms. The number of unbranched alkanes of at least 4 members (excludes halogenated alkanes) is 1. The smallest absolute Gasteiger partial charge is 0.242 e. The second-order valence-electron chi connectivity index (χ2n) is 14.8. The van der Waals surface area contributed by atoms with Crippen molar-refractivity contribution in [3.05, 3.63) is 72.1 Å². The number of nitrogens with two attached hydrogens (primary N) is 6. The van der Waals surface area contributed by atoms with Gasteiger partial charge in [0.15, 0.2) is 11.9 Å². The van der Waals surface area contributed by atoms with Crippen molar-refractivity contribution >= 4 is 57.4 Å². The number of amides is 4. The number of rotatable bonds is 27. The zero-order chi connectivity index (χ0) is 43.3. The van der Waals surface area contributed by atoms with Gasteiger partial charge in [0.2, 0.25) is 23.6 Å². The van der Waals surface area contributed by atoms with E-state index in [0.717, 1.165) is 39.4 Å². The number of hydrogen-bond donors (Lipinski definition) is 13. The number of para-hydroxylation sites is 2. The first kappa shape index (κ1) is 46.5. The molecule has 2 aromatic heterocycles. The van der Waals surface area contributed by atoms with Gasteiger partial charge in [-0.3, -0.25) is 29.2 Å². The third-order valence-corrected chi connectivity index (χ3v) is 9.97. The molecule has 4 atom stereocenters. The lowest BCUT2D eigenvalue weighted by atomic mass is 10.0. The average Bonchev–Trinajstić information content (AvgIpc) is 3.83. The van der Waals surface area contributed by atoms with Crippen LogP contribution in [0.2, 0.25) is 0 Å². The van der Waals surface area contributed by atoms with Crippen LogP contribution in [0.3, 0.4) is 0 Å². The number of carbonyl (C=O) groups is 4. The molecule has 19 heteroatoms. The predicted molar refractivity (Wildman–Crippen MR) is 236 cm³/mol. The highest BCUT2D eigenvalue weighted by molar-refractivity contribution is 5.92. The highest BCUT2D eigenvalue weighted by Gasteiger charge is 2.26. The molecule has 4 rings (SSSR count). The third-order valence-electron chi connectivity index (χ3n) is 9.97. The molecule has 0 aliphatic heterocycles. The lowest BCUT2D eigenvalue weighted by Gasteiger charge is -2.21. The number of guanidine groups is 2. The highest BCUT2D eigenvalue weighted by atomic mass is 16.2. The number of nitrogens with one attached hydrogen (secondary N) is 7. The Morgan fingerprint density at radius 3 is 1.43 bits per heavy atom. The molecule has 0 fully saturated rings. The van der Waals surface area contributed by atoms with Crippen LogP contribution in [-0.2, 0) is 32.0 Å². The molecule has 0 saturated heterocycles. The molecule has 0 unspecified atom stereocenters. The molecule has 2 aromatic carbocycles.